The maximum absolute atomic E-state index is 11.8. The summed E-state index contributed by atoms with van der Waals surface area (Å²) in [4.78, 5) is 16.2. The summed E-state index contributed by atoms with van der Waals surface area (Å²) in [5.74, 6) is -0.590. The molecule has 0 aliphatic carbocycles. The predicted octanol–water partition coefficient (Wildman–Crippen LogP) is 4.39. The van der Waals surface area contributed by atoms with Crippen LogP contribution in [0.4, 0.5) is 11.4 Å². The number of carbonyl (C=O) groups is 1. The SMILES string of the molecule is CCOC(=O)/C(C#N)=C/c1ccc2c(c1)Sc1ccccc1N2C. The quantitative estimate of drug-likeness (QED) is 0.473. The number of hydrogen-bond donors (Lipinski definition) is 0. The van der Waals surface area contributed by atoms with Crippen LogP contribution < -0.4 is 4.90 Å². The van der Waals surface area contributed by atoms with Crippen LogP contribution in [0.2, 0.25) is 0 Å². The normalized spacial score (nSPS) is 12.9. The highest BCUT2D eigenvalue weighted by Crippen LogP contribution is 2.47. The number of para-hydroxylation sites is 1. The number of fused-ring (bicyclic) bond motifs is 2. The molecule has 0 unspecified atom stereocenters. The van der Waals surface area contributed by atoms with Crippen molar-refractivity contribution in [3.8, 4) is 6.07 Å². The highest BCUT2D eigenvalue weighted by molar-refractivity contribution is 7.99. The summed E-state index contributed by atoms with van der Waals surface area (Å²) in [5.41, 5.74) is 3.08. The molecule has 0 radical (unpaired) electrons. The van der Waals surface area contributed by atoms with Gasteiger partial charge in [0, 0.05) is 16.8 Å². The topological polar surface area (TPSA) is 53.3 Å². The van der Waals surface area contributed by atoms with Gasteiger partial charge in [-0.2, -0.15) is 5.26 Å². The Morgan fingerprint density at radius 2 is 2.00 bits per heavy atom. The molecule has 4 nitrogen and oxygen atoms in total. The van der Waals surface area contributed by atoms with Gasteiger partial charge in [-0.05, 0) is 42.8 Å². The molecule has 1 heterocycles. The zero-order valence-corrected chi connectivity index (χ0v) is 14.3. The Kier molecular flexibility index (Phi) is 4.59. The van der Waals surface area contributed by atoms with Crippen LogP contribution >= 0.6 is 11.8 Å². The van der Waals surface area contributed by atoms with Crippen molar-refractivity contribution in [1.29, 1.82) is 5.26 Å². The lowest BCUT2D eigenvalue weighted by Gasteiger charge is -2.29. The number of hydrogen-bond acceptors (Lipinski definition) is 5. The lowest BCUT2D eigenvalue weighted by molar-refractivity contribution is -0.137. The van der Waals surface area contributed by atoms with Gasteiger partial charge in [-0.15, -0.1) is 0 Å². The van der Waals surface area contributed by atoms with E-state index in [9.17, 15) is 4.79 Å². The maximum Gasteiger partial charge on any atom is 0.348 e. The molecule has 0 atom stereocenters. The molecule has 2 aromatic rings. The molecule has 2 aromatic carbocycles. The molecule has 0 amide bonds. The zero-order chi connectivity index (χ0) is 17.1. The molecular formula is C19H16N2O2S. The van der Waals surface area contributed by atoms with Gasteiger partial charge < -0.3 is 9.64 Å². The van der Waals surface area contributed by atoms with Crippen LogP contribution in [-0.4, -0.2) is 19.6 Å². The predicted molar refractivity (Wildman–Crippen MR) is 95.3 cm³/mol. The molecule has 0 saturated carbocycles. The van der Waals surface area contributed by atoms with Crippen LogP contribution in [0.1, 0.15) is 12.5 Å². The molecule has 0 saturated heterocycles. The van der Waals surface area contributed by atoms with Gasteiger partial charge in [-0.25, -0.2) is 4.79 Å². The number of carbonyl (C=O) groups excluding carboxylic acids is 1. The van der Waals surface area contributed by atoms with Gasteiger partial charge in [0.1, 0.15) is 11.6 Å². The fourth-order valence-corrected chi connectivity index (χ4v) is 3.76. The van der Waals surface area contributed by atoms with Crippen LogP contribution in [-0.2, 0) is 9.53 Å². The molecule has 1 aliphatic heterocycles. The number of ether oxygens (including phenoxy) is 1. The van der Waals surface area contributed by atoms with Crippen molar-refractivity contribution in [2.24, 2.45) is 0 Å². The van der Waals surface area contributed by atoms with Crippen molar-refractivity contribution in [2.75, 3.05) is 18.6 Å². The first-order chi connectivity index (χ1) is 11.6. The summed E-state index contributed by atoms with van der Waals surface area (Å²) < 4.78 is 4.90. The monoisotopic (exact) mass is 336 g/mol. The third-order valence-electron chi connectivity index (χ3n) is 3.72. The van der Waals surface area contributed by atoms with Gasteiger partial charge in [0.15, 0.2) is 0 Å². The second-order valence-electron chi connectivity index (χ2n) is 5.25. The van der Waals surface area contributed by atoms with Gasteiger partial charge >= 0.3 is 5.97 Å². The van der Waals surface area contributed by atoms with Crippen LogP contribution in [0.5, 0.6) is 0 Å². The van der Waals surface area contributed by atoms with E-state index < -0.39 is 5.97 Å². The van der Waals surface area contributed by atoms with E-state index in [2.05, 4.69) is 17.0 Å². The summed E-state index contributed by atoms with van der Waals surface area (Å²) in [5, 5.41) is 9.16. The second kappa shape index (κ2) is 6.81. The van der Waals surface area contributed by atoms with E-state index in [0.29, 0.717) is 0 Å². The largest absolute Gasteiger partial charge is 0.462 e. The van der Waals surface area contributed by atoms with Gasteiger partial charge in [0.25, 0.3) is 0 Å². The van der Waals surface area contributed by atoms with Crippen LogP contribution in [0.25, 0.3) is 6.08 Å². The van der Waals surface area contributed by atoms with Gasteiger partial charge in [0.05, 0.1) is 18.0 Å². The standard InChI is InChI=1S/C19H16N2O2S/c1-3-23-19(22)14(12-20)10-13-8-9-16-18(11-13)24-17-7-5-4-6-15(17)21(16)2/h4-11H,3H2,1-2H3/b14-10+. The minimum absolute atomic E-state index is 0.00589. The van der Waals surface area contributed by atoms with Gasteiger partial charge in [-0.3, -0.25) is 0 Å². The molecule has 24 heavy (non-hydrogen) atoms. The number of anilines is 2. The number of esters is 1. The minimum atomic E-state index is -0.590. The number of benzene rings is 2. The number of nitrogens with zero attached hydrogens (tertiary/aromatic N) is 2. The van der Waals surface area contributed by atoms with Crippen molar-refractivity contribution in [2.45, 2.75) is 16.7 Å². The number of rotatable bonds is 3. The molecule has 0 N–H and O–H groups in total. The van der Waals surface area contributed by atoms with Crippen molar-refractivity contribution in [3.63, 3.8) is 0 Å². The summed E-state index contributed by atoms with van der Waals surface area (Å²) in [6.45, 7) is 1.97. The Morgan fingerprint density at radius 1 is 1.25 bits per heavy atom. The Labute approximate surface area is 145 Å². The highest BCUT2D eigenvalue weighted by atomic mass is 32.2. The Hall–Kier alpha value is -2.71. The van der Waals surface area contributed by atoms with Crippen molar-refractivity contribution >= 4 is 35.2 Å². The van der Waals surface area contributed by atoms with Gasteiger partial charge in [0.2, 0.25) is 0 Å². The Balaban J connectivity index is 1.96. The first kappa shape index (κ1) is 16.2. The Morgan fingerprint density at radius 3 is 2.75 bits per heavy atom. The van der Waals surface area contributed by atoms with Crippen molar-refractivity contribution in [3.05, 3.63) is 53.6 Å². The summed E-state index contributed by atoms with van der Waals surface area (Å²) >= 11 is 1.68. The molecule has 5 heteroatoms. The second-order valence-corrected chi connectivity index (χ2v) is 6.33. The molecule has 0 bridgehead atoms. The summed E-state index contributed by atoms with van der Waals surface area (Å²) in [6, 6.07) is 16.0. The molecule has 0 spiro atoms. The minimum Gasteiger partial charge on any atom is -0.462 e. The number of nitriles is 1. The van der Waals surface area contributed by atoms with E-state index in [4.69, 9.17) is 10.00 Å². The van der Waals surface area contributed by atoms with Gasteiger partial charge in [-0.1, -0.05) is 30.0 Å². The van der Waals surface area contributed by atoms with E-state index in [1.54, 1.807) is 24.8 Å². The van der Waals surface area contributed by atoms with Crippen LogP contribution in [0.3, 0.4) is 0 Å². The first-order valence-corrected chi connectivity index (χ1v) is 8.39. The molecular weight excluding hydrogens is 320 g/mol. The average molecular weight is 336 g/mol. The lowest BCUT2D eigenvalue weighted by Crippen LogP contribution is -2.14. The smallest absolute Gasteiger partial charge is 0.348 e. The van der Waals surface area contributed by atoms with E-state index in [-0.39, 0.29) is 12.2 Å². The third-order valence-corrected chi connectivity index (χ3v) is 4.83. The molecule has 120 valence electrons. The van der Waals surface area contributed by atoms with E-state index in [1.165, 1.54) is 10.6 Å². The average Bonchev–Trinajstić information content (AvgIpc) is 2.60. The molecule has 0 fully saturated rings. The lowest BCUT2D eigenvalue weighted by atomic mass is 10.1. The summed E-state index contributed by atoms with van der Waals surface area (Å²) in [7, 11) is 2.03. The van der Waals surface area contributed by atoms with Crippen molar-refractivity contribution in [1.82, 2.24) is 0 Å². The van der Waals surface area contributed by atoms with Crippen LogP contribution in [0, 0.1) is 11.3 Å². The molecule has 3 rings (SSSR count). The Bertz CT molecular complexity index is 868. The zero-order valence-electron chi connectivity index (χ0n) is 13.4. The fraction of sp³-hybridized carbons (Fsp3) is 0.158. The summed E-state index contributed by atoms with van der Waals surface area (Å²) in [6.07, 6.45) is 1.57. The highest BCUT2D eigenvalue weighted by Gasteiger charge is 2.20. The van der Waals surface area contributed by atoms with E-state index >= 15 is 0 Å². The maximum atomic E-state index is 11.8. The molecule has 0 aromatic heterocycles. The van der Waals surface area contributed by atoms with E-state index in [1.807, 2.05) is 43.4 Å². The third kappa shape index (κ3) is 3.01. The fourth-order valence-electron chi connectivity index (χ4n) is 2.56. The first-order valence-electron chi connectivity index (χ1n) is 7.57. The van der Waals surface area contributed by atoms with E-state index in [0.717, 1.165) is 16.1 Å². The molecule has 1 aliphatic rings. The van der Waals surface area contributed by atoms with Crippen molar-refractivity contribution < 1.29 is 9.53 Å². The van der Waals surface area contributed by atoms with Crippen LogP contribution in [0.15, 0.2) is 57.8 Å².